The van der Waals surface area contributed by atoms with Gasteiger partial charge in [0.15, 0.2) is 0 Å². The highest BCUT2D eigenvalue weighted by Gasteiger charge is 2.30. The second-order valence-electron chi connectivity index (χ2n) is 9.24. The predicted octanol–water partition coefficient (Wildman–Crippen LogP) is 7.08. The Hall–Kier alpha value is -3.71. The van der Waals surface area contributed by atoms with Crippen LogP contribution in [0, 0.1) is 6.92 Å². The summed E-state index contributed by atoms with van der Waals surface area (Å²) < 4.78 is 38.4. The van der Waals surface area contributed by atoms with E-state index in [1.54, 1.807) is 24.3 Å². The number of nitrogens with zero attached hydrogens (tertiary/aromatic N) is 2. The molecule has 1 aliphatic rings. The van der Waals surface area contributed by atoms with E-state index < -0.39 is 11.7 Å². The lowest BCUT2D eigenvalue weighted by molar-refractivity contribution is -0.137. The average Bonchev–Trinajstić information content (AvgIpc) is 3.38. The molecule has 7 heteroatoms. The number of rotatable bonds is 5. The first kappa shape index (κ1) is 24.0. The molecule has 1 fully saturated rings. The van der Waals surface area contributed by atoms with Crippen molar-refractivity contribution in [2.75, 3.05) is 18.4 Å². The second-order valence-corrected chi connectivity index (χ2v) is 9.24. The van der Waals surface area contributed by atoms with E-state index in [0.717, 1.165) is 53.8 Å². The molecular weight excluding hydrogens is 463 g/mol. The number of hydrogen-bond donors (Lipinski definition) is 1. The Morgan fingerprint density at radius 3 is 2.22 bits per heavy atom. The van der Waals surface area contributed by atoms with E-state index in [0.29, 0.717) is 16.8 Å². The molecule has 1 aromatic heterocycles. The van der Waals surface area contributed by atoms with E-state index in [1.165, 1.54) is 30.5 Å². The van der Waals surface area contributed by atoms with Gasteiger partial charge in [-0.1, -0.05) is 30.3 Å². The van der Waals surface area contributed by atoms with Gasteiger partial charge >= 0.3 is 6.18 Å². The van der Waals surface area contributed by atoms with Crippen molar-refractivity contribution in [1.29, 1.82) is 0 Å². The van der Waals surface area contributed by atoms with Gasteiger partial charge in [-0.15, -0.1) is 0 Å². The topological polar surface area (TPSA) is 45.2 Å². The number of carbonyl (C=O) groups excluding carboxylic acids is 1. The van der Waals surface area contributed by atoms with E-state index in [1.807, 2.05) is 25.3 Å². The Labute approximate surface area is 207 Å². The van der Waals surface area contributed by atoms with E-state index in [9.17, 15) is 18.0 Å². The molecule has 0 bridgehead atoms. The molecule has 3 aromatic carbocycles. The smallest absolute Gasteiger partial charge is 0.322 e. The van der Waals surface area contributed by atoms with Crippen LogP contribution >= 0.6 is 0 Å². The van der Waals surface area contributed by atoms with Crippen LogP contribution in [0.2, 0.25) is 0 Å². The largest absolute Gasteiger partial charge is 0.416 e. The zero-order valence-corrected chi connectivity index (χ0v) is 19.9. The third kappa shape index (κ3) is 5.11. The third-order valence-corrected chi connectivity index (χ3v) is 6.71. The Kier molecular flexibility index (Phi) is 6.49. The molecular formula is C29H26F3N3O. The number of benzene rings is 3. The summed E-state index contributed by atoms with van der Waals surface area (Å²) in [5.41, 5.74) is 4.79. The van der Waals surface area contributed by atoms with E-state index in [-0.39, 0.29) is 5.91 Å². The fourth-order valence-electron chi connectivity index (χ4n) is 4.67. The van der Waals surface area contributed by atoms with Crippen LogP contribution in [0.15, 0.2) is 72.9 Å². The summed E-state index contributed by atoms with van der Waals surface area (Å²) in [5.74, 6) is -0.262. The first-order valence-electron chi connectivity index (χ1n) is 12.0. The van der Waals surface area contributed by atoms with Crippen molar-refractivity contribution in [2.45, 2.75) is 32.5 Å². The highest BCUT2D eigenvalue weighted by atomic mass is 19.4. The third-order valence-electron chi connectivity index (χ3n) is 6.71. The molecule has 36 heavy (non-hydrogen) atoms. The lowest BCUT2D eigenvalue weighted by atomic mass is 10.0. The number of halogens is 3. The fourth-order valence-corrected chi connectivity index (χ4v) is 4.67. The number of anilines is 1. The zero-order valence-electron chi connectivity index (χ0n) is 19.9. The van der Waals surface area contributed by atoms with Crippen LogP contribution in [-0.2, 0) is 12.7 Å². The number of carbonyl (C=O) groups is 1. The first-order chi connectivity index (χ1) is 17.3. The van der Waals surface area contributed by atoms with Crippen molar-refractivity contribution in [3.8, 4) is 11.1 Å². The number of fused-ring (bicyclic) bond motifs is 1. The molecule has 0 radical (unpaired) electrons. The molecule has 2 heterocycles. The molecule has 0 aliphatic carbocycles. The maximum absolute atomic E-state index is 12.9. The molecule has 4 nitrogen and oxygen atoms in total. The molecule has 1 saturated heterocycles. The van der Waals surface area contributed by atoms with Gasteiger partial charge in [-0.25, -0.2) is 0 Å². The van der Waals surface area contributed by atoms with Crippen LogP contribution in [0.5, 0.6) is 0 Å². The molecule has 1 aliphatic heterocycles. The van der Waals surface area contributed by atoms with E-state index in [4.69, 9.17) is 0 Å². The predicted molar refractivity (Wildman–Crippen MR) is 136 cm³/mol. The van der Waals surface area contributed by atoms with Gasteiger partial charge in [0, 0.05) is 29.4 Å². The van der Waals surface area contributed by atoms with Crippen LogP contribution in [-0.4, -0.2) is 28.9 Å². The number of aromatic nitrogens is 1. The van der Waals surface area contributed by atoms with Gasteiger partial charge in [0.1, 0.15) is 0 Å². The Balaban J connectivity index is 1.29. The summed E-state index contributed by atoms with van der Waals surface area (Å²) in [7, 11) is 0. The lowest BCUT2D eigenvalue weighted by Gasteiger charge is -2.15. The van der Waals surface area contributed by atoms with Crippen molar-refractivity contribution < 1.29 is 18.0 Å². The number of nitrogens with one attached hydrogen (secondary N) is 1. The van der Waals surface area contributed by atoms with Crippen molar-refractivity contribution in [3.63, 3.8) is 0 Å². The number of pyridine rings is 1. The minimum absolute atomic E-state index is 0.262. The number of hydrogen-bond acceptors (Lipinski definition) is 3. The first-order valence-corrected chi connectivity index (χ1v) is 12.0. The van der Waals surface area contributed by atoms with Crippen LogP contribution in [0.3, 0.4) is 0 Å². The van der Waals surface area contributed by atoms with Crippen molar-refractivity contribution in [3.05, 3.63) is 95.2 Å². The fraction of sp³-hybridized carbons (Fsp3) is 0.241. The monoisotopic (exact) mass is 489 g/mol. The van der Waals surface area contributed by atoms with Crippen LogP contribution < -0.4 is 5.32 Å². The lowest BCUT2D eigenvalue weighted by Crippen LogP contribution is -2.18. The molecule has 0 unspecified atom stereocenters. The van der Waals surface area contributed by atoms with E-state index in [2.05, 4.69) is 21.3 Å². The minimum atomic E-state index is -4.37. The number of amides is 1. The quantitative estimate of drug-likeness (QED) is 0.326. The number of aryl methyl sites for hydroxylation is 1. The number of likely N-dealkylation sites (tertiary alicyclic amines) is 1. The maximum Gasteiger partial charge on any atom is 0.416 e. The maximum atomic E-state index is 12.9. The summed E-state index contributed by atoms with van der Waals surface area (Å²) in [4.78, 5) is 20.0. The summed E-state index contributed by atoms with van der Waals surface area (Å²) in [6.45, 7) is 5.11. The molecule has 0 spiro atoms. The summed E-state index contributed by atoms with van der Waals surface area (Å²) >= 11 is 0. The summed E-state index contributed by atoms with van der Waals surface area (Å²) in [6.07, 6.45) is 0.0495. The molecule has 1 N–H and O–H groups in total. The SMILES string of the molecule is Cc1c(NC(=O)c2ccc(-c3ccc(C(F)(F)F)cc3)cc2)ccc2cc(CN3CCCC3)cnc12. The van der Waals surface area contributed by atoms with Crippen LogP contribution in [0.4, 0.5) is 18.9 Å². The second kappa shape index (κ2) is 9.74. The molecule has 184 valence electrons. The normalized spacial score (nSPS) is 14.3. The van der Waals surface area contributed by atoms with Gasteiger partial charge in [-0.2, -0.15) is 13.2 Å². The average molecular weight is 490 g/mol. The number of alkyl halides is 3. The van der Waals surface area contributed by atoms with E-state index >= 15 is 0 Å². The van der Waals surface area contributed by atoms with Crippen LogP contribution in [0.1, 0.15) is 39.9 Å². The van der Waals surface area contributed by atoms with Gasteiger partial charge in [-0.05, 0) is 91.5 Å². The minimum Gasteiger partial charge on any atom is -0.322 e. The van der Waals surface area contributed by atoms with Gasteiger partial charge in [0.2, 0.25) is 0 Å². The van der Waals surface area contributed by atoms with Crippen LogP contribution in [0.25, 0.3) is 22.0 Å². The highest BCUT2D eigenvalue weighted by Crippen LogP contribution is 2.31. The molecule has 4 aromatic rings. The van der Waals surface area contributed by atoms with Gasteiger partial charge in [0.05, 0.1) is 11.1 Å². The van der Waals surface area contributed by atoms with Crippen molar-refractivity contribution in [2.24, 2.45) is 0 Å². The van der Waals surface area contributed by atoms with Crippen molar-refractivity contribution in [1.82, 2.24) is 9.88 Å². The molecule has 0 saturated carbocycles. The van der Waals surface area contributed by atoms with Crippen molar-refractivity contribution >= 4 is 22.5 Å². The highest BCUT2D eigenvalue weighted by molar-refractivity contribution is 6.06. The Bertz CT molecular complexity index is 1390. The standard InChI is InChI=1S/C29H26F3N3O/c1-19-26(13-10-24-16-20(17-33-27(19)24)18-35-14-2-3-15-35)34-28(36)23-6-4-21(5-7-23)22-8-11-25(12-9-22)29(30,31)32/h4-13,16-17H,2-3,14-15,18H2,1H3,(H,34,36). The van der Waals surface area contributed by atoms with Gasteiger partial charge < -0.3 is 5.32 Å². The molecule has 5 rings (SSSR count). The molecule has 1 amide bonds. The zero-order chi connectivity index (χ0) is 25.3. The Morgan fingerprint density at radius 1 is 0.944 bits per heavy atom. The Morgan fingerprint density at radius 2 is 1.58 bits per heavy atom. The van der Waals surface area contributed by atoms with Gasteiger partial charge in [0.25, 0.3) is 5.91 Å². The molecule has 0 atom stereocenters. The van der Waals surface area contributed by atoms with Gasteiger partial charge in [-0.3, -0.25) is 14.7 Å². The summed E-state index contributed by atoms with van der Waals surface area (Å²) in [5, 5.41) is 4.01. The summed E-state index contributed by atoms with van der Waals surface area (Å²) in [6, 6.07) is 17.8.